The van der Waals surface area contributed by atoms with Gasteiger partial charge in [-0.3, -0.25) is 10.1 Å². The summed E-state index contributed by atoms with van der Waals surface area (Å²) in [4.78, 5) is 20.8. The van der Waals surface area contributed by atoms with E-state index in [-0.39, 0.29) is 5.69 Å². The maximum Gasteiger partial charge on any atom is 0.405 e. The Bertz CT molecular complexity index is 517. The fourth-order valence-corrected chi connectivity index (χ4v) is 2.49. The summed E-state index contributed by atoms with van der Waals surface area (Å²) in [7, 11) is 0. The predicted molar refractivity (Wildman–Crippen MR) is 79.0 cm³/mol. The van der Waals surface area contributed by atoms with Crippen molar-refractivity contribution in [3.63, 3.8) is 0 Å². The van der Waals surface area contributed by atoms with Gasteiger partial charge in [-0.15, -0.1) is 0 Å². The van der Waals surface area contributed by atoms with Crippen molar-refractivity contribution in [1.29, 1.82) is 0 Å². The molecule has 2 N–H and O–H groups in total. The van der Waals surface area contributed by atoms with E-state index in [2.05, 4.69) is 21.2 Å². The van der Waals surface area contributed by atoms with Gasteiger partial charge in [0.2, 0.25) is 0 Å². The van der Waals surface area contributed by atoms with Gasteiger partial charge in [0.05, 0.1) is 4.92 Å². The van der Waals surface area contributed by atoms with Crippen molar-refractivity contribution in [2.24, 2.45) is 0 Å². The standard InChI is InChI=1S/C13H17BrN2O4/c1-13(2,15-12(17)18)7-3-4-9-5-6-10(16(19)20)8-11(9)14/h5-6,8,15H,3-4,7H2,1-2H3,(H,17,18). The number of carbonyl (C=O) groups is 1. The second kappa shape index (κ2) is 6.69. The average Bonchev–Trinajstić information content (AvgIpc) is 2.29. The van der Waals surface area contributed by atoms with Crippen molar-refractivity contribution in [1.82, 2.24) is 5.32 Å². The molecule has 1 rings (SSSR count). The number of nitrogens with one attached hydrogen (secondary N) is 1. The molecule has 1 amide bonds. The first-order chi connectivity index (χ1) is 9.21. The van der Waals surface area contributed by atoms with Crippen molar-refractivity contribution in [3.05, 3.63) is 38.3 Å². The first kappa shape index (κ1) is 16.4. The molecule has 20 heavy (non-hydrogen) atoms. The molecule has 0 aliphatic rings. The lowest BCUT2D eigenvalue weighted by atomic mass is 9.95. The first-order valence-electron chi connectivity index (χ1n) is 6.15. The normalized spacial score (nSPS) is 11.2. The van der Waals surface area contributed by atoms with Crippen LogP contribution >= 0.6 is 15.9 Å². The van der Waals surface area contributed by atoms with Crippen LogP contribution in [0, 0.1) is 10.1 Å². The summed E-state index contributed by atoms with van der Waals surface area (Å²) in [5, 5.41) is 21.8. The van der Waals surface area contributed by atoms with Crippen LogP contribution in [0.5, 0.6) is 0 Å². The molecule has 0 saturated heterocycles. The third-order valence-corrected chi connectivity index (χ3v) is 3.68. The highest BCUT2D eigenvalue weighted by atomic mass is 79.9. The Morgan fingerprint density at radius 2 is 2.15 bits per heavy atom. The minimum absolute atomic E-state index is 0.0495. The largest absolute Gasteiger partial charge is 0.465 e. The van der Waals surface area contributed by atoms with E-state index in [4.69, 9.17) is 5.11 Å². The first-order valence-corrected chi connectivity index (χ1v) is 6.94. The molecule has 0 aliphatic carbocycles. The summed E-state index contributed by atoms with van der Waals surface area (Å²) in [6, 6.07) is 4.68. The fourth-order valence-electron chi connectivity index (χ4n) is 1.93. The number of nitrogens with zero attached hydrogens (tertiary/aromatic N) is 1. The molecule has 0 radical (unpaired) electrons. The van der Waals surface area contributed by atoms with Crippen molar-refractivity contribution < 1.29 is 14.8 Å². The Morgan fingerprint density at radius 1 is 1.50 bits per heavy atom. The van der Waals surface area contributed by atoms with Gasteiger partial charge in [0.25, 0.3) is 5.69 Å². The second-order valence-electron chi connectivity index (χ2n) is 5.20. The van der Waals surface area contributed by atoms with Gasteiger partial charge in [-0.05, 0) is 38.7 Å². The Labute approximate surface area is 125 Å². The van der Waals surface area contributed by atoms with Crippen LogP contribution in [-0.2, 0) is 6.42 Å². The van der Waals surface area contributed by atoms with Gasteiger partial charge in [-0.2, -0.15) is 0 Å². The number of amides is 1. The number of hydrogen-bond acceptors (Lipinski definition) is 3. The fraction of sp³-hybridized carbons (Fsp3) is 0.462. The minimum Gasteiger partial charge on any atom is -0.465 e. The smallest absolute Gasteiger partial charge is 0.405 e. The number of hydrogen-bond donors (Lipinski definition) is 2. The van der Waals surface area contributed by atoms with E-state index in [1.807, 2.05) is 13.8 Å². The zero-order chi connectivity index (χ0) is 15.3. The summed E-state index contributed by atoms with van der Waals surface area (Å²) in [6.45, 7) is 3.65. The third kappa shape index (κ3) is 5.16. The number of halogens is 1. The Kier molecular flexibility index (Phi) is 5.50. The van der Waals surface area contributed by atoms with E-state index in [1.165, 1.54) is 12.1 Å². The summed E-state index contributed by atoms with van der Waals surface area (Å²) in [6.07, 6.45) is 1.15. The average molecular weight is 345 g/mol. The van der Waals surface area contributed by atoms with Gasteiger partial charge < -0.3 is 10.4 Å². The quantitative estimate of drug-likeness (QED) is 0.607. The number of non-ortho nitro benzene ring substituents is 1. The van der Waals surface area contributed by atoms with E-state index < -0.39 is 16.6 Å². The van der Waals surface area contributed by atoms with Crippen molar-refractivity contribution in [2.75, 3.05) is 0 Å². The van der Waals surface area contributed by atoms with Crippen LogP contribution in [0.2, 0.25) is 0 Å². The van der Waals surface area contributed by atoms with Crippen LogP contribution in [0.15, 0.2) is 22.7 Å². The van der Waals surface area contributed by atoms with Crippen LogP contribution < -0.4 is 5.32 Å². The van der Waals surface area contributed by atoms with E-state index in [0.717, 1.165) is 18.4 Å². The molecule has 1 aromatic rings. The van der Waals surface area contributed by atoms with Gasteiger partial charge >= 0.3 is 6.09 Å². The Balaban J connectivity index is 2.58. The van der Waals surface area contributed by atoms with Gasteiger partial charge in [0.15, 0.2) is 0 Å². The molecule has 6 nitrogen and oxygen atoms in total. The number of nitro groups is 1. The molecule has 0 aliphatic heterocycles. The Hall–Kier alpha value is -1.63. The molecule has 1 aromatic carbocycles. The van der Waals surface area contributed by atoms with E-state index in [0.29, 0.717) is 10.9 Å². The molecule has 0 spiro atoms. The number of rotatable bonds is 6. The van der Waals surface area contributed by atoms with E-state index in [1.54, 1.807) is 6.07 Å². The van der Waals surface area contributed by atoms with Crippen LogP contribution in [0.1, 0.15) is 32.3 Å². The molecular weight excluding hydrogens is 328 g/mol. The van der Waals surface area contributed by atoms with Gasteiger partial charge in [-0.1, -0.05) is 22.0 Å². The van der Waals surface area contributed by atoms with Crippen LogP contribution in [0.3, 0.4) is 0 Å². The van der Waals surface area contributed by atoms with Crippen molar-refractivity contribution in [3.8, 4) is 0 Å². The van der Waals surface area contributed by atoms with Gasteiger partial charge in [0.1, 0.15) is 0 Å². The minimum atomic E-state index is -1.04. The second-order valence-corrected chi connectivity index (χ2v) is 6.05. The monoisotopic (exact) mass is 344 g/mol. The molecule has 0 saturated carbocycles. The van der Waals surface area contributed by atoms with Gasteiger partial charge in [-0.25, -0.2) is 4.79 Å². The van der Waals surface area contributed by atoms with Crippen LogP contribution in [0.4, 0.5) is 10.5 Å². The van der Waals surface area contributed by atoms with Crippen molar-refractivity contribution in [2.45, 2.75) is 38.6 Å². The lowest BCUT2D eigenvalue weighted by Gasteiger charge is -2.24. The molecule has 7 heteroatoms. The van der Waals surface area contributed by atoms with Crippen LogP contribution in [0.25, 0.3) is 0 Å². The molecule has 0 fully saturated rings. The summed E-state index contributed by atoms with van der Waals surface area (Å²) in [5.74, 6) is 0. The molecule has 0 aromatic heterocycles. The molecular formula is C13H17BrN2O4. The maximum atomic E-state index is 10.6. The molecule has 0 heterocycles. The van der Waals surface area contributed by atoms with E-state index >= 15 is 0 Å². The lowest BCUT2D eigenvalue weighted by Crippen LogP contribution is -2.42. The number of carboxylic acid groups (broad SMARTS) is 1. The molecule has 0 bridgehead atoms. The van der Waals surface area contributed by atoms with E-state index in [9.17, 15) is 14.9 Å². The molecule has 110 valence electrons. The highest BCUT2D eigenvalue weighted by Gasteiger charge is 2.19. The predicted octanol–water partition coefficient (Wildman–Crippen LogP) is 3.73. The maximum absolute atomic E-state index is 10.6. The highest BCUT2D eigenvalue weighted by Crippen LogP contribution is 2.25. The zero-order valence-corrected chi connectivity index (χ0v) is 12.9. The molecule has 0 unspecified atom stereocenters. The molecule has 0 atom stereocenters. The lowest BCUT2D eigenvalue weighted by molar-refractivity contribution is -0.384. The highest BCUT2D eigenvalue weighted by molar-refractivity contribution is 9.10. The summed E-state index contributed by atoms with van der Waals surface area (Å²) in [5.41, 5.74) is 0.536. The topological polar surface area (TPSA) is 92.5 Å². The zero-order valence-electron chi connectivity index (χ0n) is 11.4. The third-order valence-electron chi connectivity index (χ3n) is 2.94. The number of benzene rings is 1. The Morgan fingerprint density at radius 3 is 2.65 bits per heavy atom. The number of nitro benzene ring substituents is 1. The van der Waals surface area contributed by atoms with Crippen LogP contribution in [-0.4, -0.2) is 21.7 Å². The summed E-state index contributed by atoms with van der Waals surface area (Å²) >= 11 is 3.32. The number of aryl methyl sites for hydroxylation is 1. The SMILES string of the molecule is CC(C)(CCCc1ccc([N+](=O)[O-])cc1Br)NC(=O)O. The summed E-state index contributed by atoms with van der Waals surface area (Å²) < 4.78 is 0.704. The van der Waals surface area contributed by atoms with Gasteiger partial charge in [0, 0.05) is 22.1 Å². The van der Waals surface area contributed by atoms with Crippen molar-refractivity contribution >= 4 is 27.7 Å².